The van der Waals surface area contributed by atoms with Crippen LogP contribution in [-0.4, -0.2) is 29.7 Å². The first-order chi connectivity index (χ1) is 9.56. The predicted octanol–water partition coefficient (Wildman–Crippen LogP) is 1.91. The summed E-state index contributed by atoms with van der Waals surface area (Å²) >= 11 is 0. The molecule has 1 atom stereocenters. The van der Waals surface area contributed by atoms with Crippen LogP contribution < -0.4 is 0 Å². The van der Waals surface area contributed by atoms with Crippen LogP contribution in [0.3, 0.4) is 0 Å². The largest absolute Gasteiger partial charge is 0.386 e. The van der Waals surface area contributed by atoms with Crippen molar-refractivity contribution in [2.75, 3.05) is 0 Å². The molecule has 2 rings (SSSR count). The van der Waals surface area contributed by atoms with E-state index in [1.165, 1.54) is 6.33 Å². The highest BCUT2D eigenvalue weighted by molar-refractivity contribution is 5.14. The molecule has 0 saturated carbocycles. The highest BCUT2D eigenvalue weighted by Gasteiger charge is 2.19. The van der Waals surface area contributed by atoms with Gasteiger partial charge in [-0.25, -0.2) is 9.67 Å². The average molecular weight is 277 g/mol. The Morgan fingerprint density at radius 2 is 2.05 bits per heavy atom. The third-order valence-corrected chi connectivity index (χ3v) is 3.38. The van der Waals surface area contributed by atoms with Crippen LogP contribution in [-0.2, 0) is 19.4 Å². The number of aliphatic hydroxyl groups excluding tert-OH is 1. The molecule has 6 nitrogen and oxygen atoms in total. The molecule has 0 radical (unpaired) electrons. The van der Waals surface area contributed by atoms with Crippen LogP contribution in [0.15, 0.2) is 12.4 Å². The van der Waals surface area contributed by atoms with E-state index in [0.29, 0.717) is 6.42 Å². The second-order valence-corrected chi connectivity index (χ2v) is 5.16. The lowest BCUT2D eigenvalue weighted by molar-refractivity contribution is 0.162. The van der Waals surface area contributed by atoms with E-state index in [1.807, 2.05) is 22.4 Å². The van der Waals surface area contributed by atoms with E-state index in [4.69, 9.17) is 0 Å². The minimum Gasteiger partial charge on any atom is -0.386 e. The summed E-state index contributed by atoms with van der Waals surface area (Å²) < 4.78 is 3.70. The topological polar surface area (TPSA) is 68.8 Å². The highest BCUT2D eigenvalue weighted by Crippen LogP contribution is 2.20. The third kappa shape index (κ3) is 2.90. The zero-order chi connectivity index (χ0) is 14.7. The number of nitrogens with zero attached hydrogens (tertiary/aromatic N) is 5. The maximum Gasteiger partial charge on any atom is 0.138 e. The Morgan fingerprint density at radius 3 is 2.65 bits per heavy atom. The molecule has 20 heavy (non-hydrogen) atoms. The molecular formula is C14H23N5O. The summed E-state index contributed by atoms with van der Waals surface area (Å²) in [6.07, 6.45) is 2.25. The van der Waals surface area contributed by atoms with Crippen LogP contribution in [0.4, 0.5) is 0 Å². The van der Waals surface area contributed by atoms with E-state index in [2.05, 4.69) is 36.0 Å². The number of hydrogen-bond acceptors (Lipinski definition) is 4. The molecule has 110 valence electrons. The number of aliphatic hydroxyl groups is 1. The van der Waals surface area contributed by atoms with Gasteiger partial charge in [0.05, 0.1) is 11.4 Å². The molecule has 1 unspecified atom stereocenters. The molecule has 0 fully saturated rings. The molecule has 0 spiro atoms. The van der Waals surface area contributed by atoms with Crippen molar-refractivity contribution in [3.8, 4) is 0 Å². The van der Waals surface area contributed by atoms with Crippen molar-refractivity contribution in [2.24, 2.45) is 0 Å². The second kappa shape index (κ2) is 6.17. The quantitative estimate of drug-likeness (QED) is 0.875. The first kappa shape index (κ1) is 14.7. The lowest BCUT2D eigenvalue weighted by Crippen LogP contribution is -2.15. The Labute approximate surface area is 119 Å². The Morgan fingerprint density at radius 1 is 1.30 bits per heavy atom. The van der Waals surface area contributed by atoms with Gasteiger partial charge in [-0.3, -0.25) is 4.68 Å². The van der Waals surface area contributed by atoms with E-state index in [-0.39, 0.29) is 6.04 Å². The van der Waals surface area contributed by atoms with Gasteiger partial charge in [0.15, 0.2) is 0 Å². The van der Waals surface area contributed by atoms with Gasteiger partial charge in [-0.05, 0) is 33.3 Å². The lowest BCUT2D eigenvalue weighted by atomic mass is 10.1. The number of rotatable bonds is 6. The van der Waals surface area contributed by atoms with Gasteiger partial charge in [-0.1, -0.05) is 6.92 Å². The van der Waals surface area contributed by atoms with Crippen molar-refractivity contribution in [2.45, 2.75) is 59.2 Å². The average Bonchev–Trinajstić information content (AvgIpc) is 3.03. The van der Waals surface area contributed by atoms with Crippen LogP contribution >= 0.6 is 0 Å². The van der Waals surface area contributed by atoms with Gasteiger partial charge in [0.2, 0.25) is 0 Å². The molecule has 6 heteroatoms. The molecule has 0 bridgehead atoms. The van der Waals surface area contributed by atoms with Crippen molar-refractivity contribution >= 4 is 0 Å². The van der Waals surface area contributed by atoms with Crippen LogP contribution in [0.1, 0.15) is 57.1 Å². The molecule has 0 saturated heterocycles. The monoisotopic (exact) mass is 277 g/mol. The summed E-state index contributed by atoms with van der Waals surface area (Å²) in [4.78, 5) is 4.25. The predicted molar refractivity (Wildman–Crippen MR) is 76.3 cm³/mol. The summed E-state index contributed by atoms with van der Waals surface area (Å²) in [7, 11) is 0. The number of aryl methyl sites for hydroxylation is 2. The van der Waals surface area contributed by atoms with Gasteiger partial charge in [-0.2, -0.15) is 10.2 Å². The van der Waals surface area contributed by atoms with Gasteiger partial charge < -0.3 is 5.11 Å². The van der Waals surface area contributed by atoms with Crippen LogP contribution in [0.25, 0.3) is 0 Å². The smallest absolute Gasteiger partial charge is 0.138 e. The zero-order valence-electron chi connectivity index (χ0n) is 12.6. The van der Waals surface area contributed by atoms with E-state index in [9.17, 15) is 5.11 Å². The Kier molecular flexibility index (Phi) is 4.54. The normalized spacial score (nSPS) is 13.1. The van der Waals surface area contributed by atoms with Gasteiger partial charge in [-0.15, -0.1) is 0 Å². The minimum absolute atomic E-state index is 0.238. The molecule has 2 heterocycles. The maximum atomic E-state index is 10.5. The van der Waals surface area contributed by atoms with Crippen molar-refractivity contribution in [1.29, 1.82) is 0 Å². The van der Waals surface area contributed by atoms with E-state index >= 15 is 0 Å². The molecule has 1 N–H and O–H groups in total. The molecule has 0 aromatic carbocycles. The van der Waals surface area contributed by atoms with Crippen LogP contribution in [0.5, 0.6) is 0 Å². The number of aromatic nitrogens is 5. The van der Waals surface area contributed by atoms with Crippen LogP contribution in [0, 0.1) is 0 Å². The summed E-state index contributed by atoms with van der Waals surface area (Å²) in [5.74, 6) is 0.800. The number of hydrogen-bond donors (Lipinski definition) is 1. The van der Waals surface area contributed by atoms with Crippen molar-refractivity contribution in [3.63, 3.8) is 0 Å². The van der Waals surface area contributed by atoms with E-state index in [0.717, 1.165) is 30.2 Å². The second-order valence-electron chi connectivity index (χ2n) is 5.16. The van der Waals surface area contributed by atoms with Crippen LogP contribution in [0.2, 0.25) is 0 Å². The molecule has 2 aromatic heterocycles. The SMILES string of the molecule is CCc1cc(C(O)Cc2ncnn2C(C)C)n(CC)n1. The van der Waals surface area contributed by atoms with Gasteiger partial charge in [0.25, 0.3) is 0 Å². The molecule has 2 aromatic rings. The van der Waals surface area contributed by atoms with E-state index < -0.39 is 6.10 Å². The van der Waals surface area contributed by atoms with Gasteiger partial charge in [0.1, 0.15) is 18.3 Å². The fraction of sp³-hybridized carbons (Fsp3) is 0.643. The van der Waals surface area contributed by atoms with E-state index in [1.54, 1.807) is 0 Å². The van der Waals surface area contributed by atoms with Gasteiger partial charge in [0, 0.05) is 19.0 Å². The summed E-state index contributed by atoms with van der Waals surface area (Å²) in [5.41, 5.74) is 1.86. The first-order valence-corrected chi connectivity index (χ1v) is 7.19. The Bertz CT molecular complexity index is 558. The summed E-state index contributed by atoms with van der Waals surface area (Å²) in [6.45, 7) is 8.95. The fourth-order valence-corrected chi connectivity index (χ4v) is 2.31. The molecule has 0 aliphatic rings. The van der Waals surface area contributed by atoms with Crippen molar-refractivity contribution in [1.82, 2.24) is 24.5 Å². The third-order valence-electron chi connectivity index (χ3n) is 3.38. The standard InChI is InChI=1S/C14H23N5O/c1-5-11-7-12(18(6-2)17-11)13(20)8-14-15-9-16-19(14)10(3)4/h7,9-10,13,20H,5-6,8H2,1-4H3. The molecular weight excluding hydrogens is 254 g/mol. The van der Waals surface area contributed by atoms with Crippen molar-refractivity contribution < 1.29 is 5.11 Å². The maximum absolute atomic E-state index is 10.5. The minimum atomic E-state index is -0.607. The highest BCUT2D eigenvalue weighted by atomic mass is 16.3. The molecule has 0 amide bonds. The first-order valence-electron chi connectivity index (χ1n) is 7.19. The fourth-order valence-electron chi connectivity index (χ4n) is 2.31. The lowest BCUT2D eigenvalue weighted by Gasteiger charge is -2.14. The Hall–Kier alpha value is -1.69. The van der Waals surface area contributed by atoms with Gasteiger partial charge >= 0.3 is 0 Å². The summed E-state index contributed by atoms with van der Waals surface area (Å²) in [6, 6.07) is 2.21. The summed E-state index contributed by atoms with van der Waals surface area (Å²) in [5, 5.41) is 19.1. The zero-order valence-corrected chi connectivity index (χ0v) is 12.6. The Balaban J connectivity index is 2.21. The van der Waals surface area contributed by atoms with Crippen molar-refractivity contribution in [3.05, 3.63) is 29.6 Å². The molecule has 0 aliphatic heterocycles. The molecule has 0 aliphatic carbocycles.